The van der Waals surface area contributed by atoms with Gasteiger partial charge < -0.3 is 4.74 Å². The van der Waals surface area contributed by atoms with Gasteiger partial charge in [0.05, 0.1) is 6.61 Å². The molecule has 0 spiro atoms. The molecule has 7 heteroatoms. The third-order valence-electron chi connectivity index (χ3n) is 2.55. The molecule has 0 saturated carbocycles. The molecule has 5 nitrogen and oxygen atoms in total. The van der Waals surface area contributed by atoms with Crippen molar-refractivity contribution in [1.82, 2.24) is 9.03 Å². The van der Waals surface area contributed by atoms with Gasteiger partial charge in [-0.15, -0.1) is 0 Å². The zero-order valence-corrected chi connectivity index (χ0v) is 11.9. The zero-order chi connectivity index (χ0) is 12.0. The predicted molar refractivity (Wildman–Crippen MR) is 66.9 cm³/mol. The van der Waals surface area contributed by atoms with E-state index in [0.717, 1.165) is 24.6 Å². The second-order valence-electron chi connectivity index (χ2n) is 3.86. The number of alkyl halides is 1. The highest BCUT2D eigenvalue weighted by Crippen LogP contribution is 2.12. The molecule has 0 amide bonds. The van der Waals surface area contributed by atoms with E-state index in [1.54, 1.807) is 7.11 Å². The normalized spacial score (nSPS) is 20.1. The Kier molecular flexibility index (Phi) is 6.20. The molecule has 1 fully saturated rings. The van der Waals surface area contributed by atoms with Crippen LogP contribution in [0.5, 0.6) is 0 Å². The number of halogens is 1. The first-order valence-corrected chi connectivity index (χ1v) is 7.98. The van der Waals surface area contributed by atoms with Crippen LogP contribution in [0.1, 0.15) is 19.3 Å². The number of rotatable bonds is 7. The molecule has 1 aliphatic rings. The van der Waals surface area contributed by atoms with Crippen molar-refractivity contribution in [2.24, 2.45) is 0 Å². The first-order chi connectivity index (χ1) is 7.60. The fourth-order valence-electron chi connectivity index (χ4n) is 1.72. The molecule has 96 valence electrons. The standard InChI is InChI=1S/C9H19BrN2O3S/c1-15-8-9(4-5-10)11-16(13,14)12-6-2-3-7-12/h9,11H,2-8H2,1H3. The maximum absolute atomic E-state index is 11.9. The molecule has 1 heterocycles. The van der Waals surface area contributed by atoms with Crippen LogP contribution in [-0.4, -0.2) is 50.9 Å². The van der Waals surface area contributed by atoms with Crippen LogP contribution in [0.3, 0.4) is 0 Å². The van der Waals surface area contributed by atoms with Gasteiger partial charge in [0, 0.05) is 31.6 Å². The van der Waals surface area contributed by atoms with Gasteiger partial charge in [0.25, 0.3) is 10.2 Å². The Morgan fingerprint density at radius 1 is 1.44 bits per heavy atom. The van der Waals surface area contributed by atoms with Gasteiger partial charge in [-0.1, -0.05) is 15.9 Å². The first-order valence-electron chi connectivity index (χ1n) is 5.42. The molecule has 0 aromatic heterocycles. The van der Waals surface area contributed by atoms with E-state index in [1.807, 2.05) is 0 Å². The quantitative estimate of drug-likeness (QED) is 0.704. The summed E-state index contributed by atoms with van der Waals surface area (Å²) >= 11 is 3.31. The lowest BCUT2D eigenvalue weighted by molar-refractivity contribution is 0.173. The molecule has 0 bridgehead atoms. The number of nitrogens with zero attached hydrogens (tertiary/aromatic N) is 1. The highest BCUT2D eigenvalue weighted by atomic mass is 79.9. The van der Waals surface area contributed by atoms with Crippen molar-refractivity contribution in [2.45, 2.75) is 25.3 Å². The van der Waals surface area contributed by atoms with Crippen LogP contribution in [0, 0.1) is 0 Å². The Bertz CT molecular complexity index is 285. The second-order valence-corrected chi connectivity index (χ2v) is 6.35. The van der Waals surface area contributed by atoms with E-state index >= 15 is 0 Å². The fraction of sp³-hybridized carbons (Fsp3) is 1.00. The lowest BCUT2D eigenvalue weighted by Crippen LogP contribution is -2.46. The lowest BCUT2D eigenvalue weighted by atomic mass is 10.3. The third kappa shape index (κ3) is 4.29. The summed E-state index contributed by atoms with van der Waals surface area (Å²) in [5.74, 6) is 0. The molecule has 1 saturated heterocycles. The van der Waals surface area contributed by atoms with E-state index in [0.29, 0.717) is 19.7 Å². The molecular weight excluding hydrogens is 296 g/mol. The molecule has 0 aromatic rings. The van der Waals surface area contributed by atoms with Crippen LogP contribution in [0.2, 0.25) is 0 Å². The minimum atomic E-state index is -3.32. The Morgan fingerprint density at radius 2 is 2.06 bits per heavy atom. The Balaban J connectivity index is 2.54. The molecule has 16 heavy (non-hydrogen) atoms. The van der Waals surface area contributed by atoms with Crippen LogP contribution in [-0.2, 0) is 14.9 Å². The molecule has 0 aliphatic carbocycles. The summed E-state index contributed by atoms with van der Waals surface area (Å²) in [4.78, 5) is 0. The summed E-state index contributed by atoms with van der Waals surface area (Å²) in [5, 5.41) is 0.754. The minimum absolute atomic E-state index is 0.157. The smallest absolute Gasteiger partial charge is 0.279 e. The van der Waals surface area contributed by atoms with E-state index in [1.165, 1.54) is 4.31 Å². The van der Waals surface area contributed by atoms with Gasteiger partial charge in [0.15, 0.2) is 0 Å². The van der Waals surface area contributed by atoms with Crippen molar-refractivity contribution in [3.05, 3.63) is 0 Å². The van der Waals surface area contributed by atoms with Crippen molar-refractivity contribution in [3.8, 4) is 0 Å². The van der Waals surface area contributed by atoms with E-state index in [-0.39, 0.29) is 6.04 Å². The Hall–Kier alpha value is 0.310. The highest BCUT2D eigenvalue weighted by Gasteiger charge is 2.27. The second kappa shape index (κ2) is 6.90. The van der Waals surface area contributed by atoms with Gasteiger partial charge in [-0.25, -0.2) is 0 Å². The largest absolute Gasteiger partial charge is 0.383 e. The van der Waals surface area contributed by atoms with Crippen LogP contribution >= 0.6 is 15.9 Å². The van der Waals surface area contributed by atoms with Crippen LogP contribution in [0.25, 0.3) is 0 Å². The van der Waals surface area contributed by atoms with Crippen molar-refractivity contribution in [1.29, 1.82) is 0 Å². The van der Waals surface area contributed by atoms with Gasteiger partial charge in [-0.05, 0) is 19.3 Å². The minimum Gasteiger partial charge on any atom is -0.383 e. The monoisotopic (exact) mass is 314 g/mol. The topological polar surface area (TPSA) is 58.6 Å². The van der Waals surface area contributed by atoms with Crippen molar-refractivity contribution in [2.75, 3.05) is 32.1 Å². The summed E-state index contributed by atoms with van der Waals surface area (Å²) in [5.41, 5.74) is 0. The van der Waals surface area contributed by atoms with Gasteiger partial charge >= 0.3 is 0 Å². The van der Waals surface area contributed by atoms with E-state index in [9.17, 15) is 8.42 Å². The zero-order valence-electron chi connectivity index (χ0n) is 9.49. The van der Waals surface area contributed by atoms with Crippen molar-refractivity contribution >= 4 is 26.1 Å². The van der Waals surface area contributed by atoms with E-state index < -0.39 is 10.2 Å². The van der Waals surface area contributed by atoms with Crippen LogP contribution < -0.4 is 4.72 Å². The van der Waals surface area contributed by atoms with Gasteiger partial charge in [-0.3, -0.25) is 0 Å². The van der Waals surface area contributed by atoms with Crippen LogP contribution in [0.4, 0.5) is 0 Å². The number of ether oxygens (including phenoxy) is 1. The predicted octanol–water partition coefficient (Wildman–Crippen LogP) is 0.717. The summed E-state index contributed by atoms with van der Waals surface area (Å²) in [7, 11) is -1.75. The summed E-state index contributed by atoms with van der Waals surface area (Å²) in [6.07, 6.45) is 2.63. The molecule has 1 N–H and O–H groups in total. The Labute approximate surface area is 106 Å². The van der Waals surface area contributed by atoms with Crippen molar-refractivity contribution < 1.29 is 13.2 Å². The molecule has 0 radical (unpaired) electrons. The summed E-state index contributed by atoms with van der Waals surface area (Å²) < 4.78 is 33.1. The maximum atomic E-state index is 11.9. The summed E-state index contributed by atoms with van der Waals surface area (Å²) in [6, 6.07) is -0.157. The van der Waals surface area contributed by atoms with Gasteiger partial charge in [0.1, 0.15) is 0 Å². The van der Waals surface area contributed by atoms with E-state index in [2.05, 4.69) is 20.7 Å². The van der Waals surface area contributed by atoms with Gasteiger partial charge in [0.2, 0.25) is 0 Å². The fourth-order valence-corrected chi connectivity index (χ4v) is 3.77. The average Bonchev–Trinajstić information content (AvgIpc) is 2.71. The molecule has 1 atom stereocenters. The number of hydrogen-bond donors (Lipinski definition) is 1. The molecular formula is C9H19BrN2O3S. The average molecular weight is 315 g/mol. The Morgan fingerprint density at radius 3 is 2.56 bits per heavy atom. The molecule has 1 rings (SSSR count). The number of methoxy groups -OCH3 is 1. The summed E-state index contributed by atoms with van der Waals surface area (Å²) in [6.45, 7) is 1.66. The molecule has 0 aromatic carbocycles. The number of nitrogens with one attached hydrogen (secondary N) is 1. The SMILES string of the molecule is COCC(CCBr)NS(=O)(=O)N1CCCC1. The van der Waals surface area contributed by atoms with Crippen LogP contribution in [0.15, 0.2) is 0 Å². The third-order valence-corrected chi connectivity index (χ3v) is 4.68. The maximum Gasteiger partial charge on any atom is 0.279 e. The van der Waals surface area contributed by atoms with E-state index in [4.69, 9.17) is 4.74 Å². The number of hydrogen-bond acceptors (Lipinski definition) is 3. The van der Waals surface area contributed by atoms with Gasteiger partial charge in [-0.2, -0.15) is 17.4 Å². The van der Waals surface area contributed by atoms with Crippen molar-refractivity contribution in [3.63, 3.8) is 0 Å². The first kappa shape index (κ1) is 14.4. The lowest BCUT2D eigenvalue weighted by Gasteiger charge is -2.21. The molecule has 1 aliphatic heterocycles. The molecule has 1 unspecified atom stereocenters. The highest BCUT2D eigenvalue weighted by molar-refractivity contribution is 9.09.